The van der Waals surface area contributed by atoms with Crippen LogP contribution in [0.15, 0.2) is 91.3 Å². The molecule has 1 aromatic heterocycles. The number of aromatic nitrogens is 4. The number of benzene rings is 3. The van der Waals surface area contributed by atoms with E-state index in [9.17, 15) is 9.59 Å². The quantitative estimate of drug-likeness (QED) is 0.374. The van der Waals surface area contributed by atoms with Gasteiger partial charge in [0.2, 0.25) is 5.78 Å². The van der Waals surface area contributed by atoms with Crippen LogP contribution in [-0.4, -0.2) is 32.0 Å². The summed E-state index contributed by atoms with van der Waals surface area (Å²) >= 11 is 0. The molecule has 0 saturated carbocycles. The number of carbonyl (C=O) groups excluding carboxylic acids is 2. The van der Waals surface area contributed by atoms with E-state index in [0.717, 1.165) is 0 Å². The second kappa shape index (κ2) is 8.26. The summed E-state index contributed by atoms with van der Waals surface area (Å²) in [5.74, 6) is -0.945. The minimum absolute atomic E-state index is 0.251. The van der Waals surface area contributed by atoms with Gasteiger partial charge in [-0.15, -0.1) is 5.10 Å². The average Bonchev–Trinajstić information content (AvgIpc) is 3.33. The van der Waals surface area contributed by atoms with Crippen molar-refractivity contribution in [3.63, 3.8) is 0 Å². The van der Waals surface area contributed by atoms with Gasteiger partial charge in [0.1, 0.15) is 6.33 Å². The Labute approximate surface area is 166 Å². The number of ether oxygens (including phenoxy) is 1. The maximum absolute atomic E-state index is 13.1. The highest BCUT2D eigenvalue weighted by atomic mass is 16.5. The minimum Gasteiger partial charge on any atom is -0.445 e. The number of ketones is 1. The molecule has 0 unspecified atom stereocenters. The molecular weight excluding hydrogens is 368 g/mol. The zero-order chi connectivity index (χ0) is 20.1. The fourth-order valence-corrected chi connectivity index (χ4v) is 2.94. The van der Waals surface area contributed by atoms with Gasteiger partial charge >= 0.3 is 5.97 Å². The number of nitrogens with zero attached hydrogens (tertiary/aromatic N) is 4. The molecule has 0 radical (unpaired) electrons. The highest BCUT2D eigenvalue weighted by molar-refractivity contribution is 6.02. The number of hydrogen-bond acceptors (Lipinski definition) is 6. The van der Waals surface area contributed by atoms with Crippen molar-refractivity contribution in [3.05, 3.63) is 108 Å². The van der Waals surface area contributed by atoms with Gasteiger partial charge in [0, 0.05) is 11.1 Å². The van der Waals surface area contributed by atoms with E-state index < -0.39 is 12.1 Å². The summed E-state index contributed by atoms with van der Waals surface area (Å²) in [6, 6.07) is 24.5. The molecule has 0 aliphatic carbocycles. The molecule has 0 N–H and O–H groups in total. The smallest absolute Gasteiger partial charge is 0.341 e. The maximum atomic E-state index is 13.1. The summed E-state index contributed by atoms with van der Waals surface area (Å²) in [4.78, 5) is 26.1. The SMILES string of the molecule is O=C(O[C@H](C(=O)c1ccccc1)c1ccccc1)c1ccccc1-n1cnnn1. The molecule has 1 heterocycles. The summed E-state index contributed by atoms with van der Waals surface area (Å²) in [6.45, 7) is 0. The molecule has 3 aromatic carbocycles. The van der Waals surface area contributed by atoms with Crippen LogP contribution in [-0.2, 0) is 4.74 Å². The van der Waals surface area contributed by atoms with Crippen LogP contribution < -0.4 is 0 Å². The first-order chi connectivity index (χ1) is 14.2. The van der Waals surface area contributed by atoms with E-state index in [4.69, 9.17) is 4.74 Å². The second-order valence-electron chi connectivity index (χ2n) is 6.20. The molecule has 0 aliphatic rings. The normalized spacial score (nSPS) is 11.6. The molecule has 4 aromatic rings. The van der Waals surface area contributed by atoms with Crippen LogP contribution >= 0.6 is 0 Å². The third-order valence-corrected chi connectivity index (χ3v) is 4.34. The highest BCUT2D eigenvalue weighted by Crippen LogP contribution is 2.25. The van der Waals surface area contributed by atoms with Gasteiger partial charge < -0.3 is 4.74 Å². The molecule has 0 bridgehead atoms. The van der Waals surface area contributed by atoms with Crippen LogP contribution in [0.5, 0.6) is 0 Å². The van der Waals surface area contributed by atoms with Gasteiger partial charge in [-0.25, -0.2) is 4.79 Å². The fourth-order valence-electron chi connectivity index (χ4n) is 2.94. The van der Waals surface area contributed by atoms with Gasteiger partial charge in [0.05, 0.1) is 11.3 Å². The number of para-hydroxylation sites is 1. The first-order valence-corrected chi connectivity index (χ1v) is 8.91. The van der Waals surface area contributed by atoms with E-state index in [1.807, 2.05) is 12.1 Å². The molecule has 29 heavy (non-hydrogen) atoms. The van der Waals surface area contributed by atoms with Crippen molar-refractivity contribution in [1.82, 2.24) is 20.2 Å². The van der Waals surface area contributed by atoms with Crippen molar-refractivity contribution in [2.24, 2.45) is 0 Å². The second-order valence-corrected chi connectivity index (χ2v) is 6.20. The fraction of sp³-hybridized carbons (Fsp3) is 0.0455. The lowest BCUT2D eigenvalue weighted by Crippen LogP contribution is -2.21. The standard InChI is InChI=1S/C22H16N4O3/c27-20(16-9-3-1-4-10-16)21(17-11-5-2-6-12-17)29-22(28)18-13-7-8-14-19(18)26-15-23-24-25-26/h1-15,21H/t21-/m0/s1. The zero-order valence-corrected chi connectivity index (χ0v) is 15.3. The van der Waals surface area contributed by atoms with Gasteiger partial charge in [-0.05, 0) is 22.6 Å². The third kappa shape index (κ3) is 3.93. The Morgan fingerprint density at radius 1 is 0.828 bits per heavy atom. The van der Waals surface area contributed by atoms with Crippen molar-refractivity contribution in [1.29, 1.82) is 0 Å². The Morgan fingerprint density at radius 3 is 2.17 bits per heavy atom. The molecule has 0 saturated heterocycles. The van der Waals surface area contributed by atoms with Gasteiger partial charge in [-0.3, -0.25) is 4.79 Å². The predicted octanol–water partition coefficient (Wildman–Crippen LogP) is 3.44. The van der Waals surface area contributed by atoms with Gasteiger partial charge in [-0.2, -0.15) is 4.68 Å². The molecular formula is C22H16N4O3. The first kappa shape index (κ1) is 18.2. The van der Waals surface area contributed by atoms with Crippen molar-refractivity contribution in [2.75, 3.05) is 0 Å². The number of rotatable bonds is 6. The summed E-state index contributed by atoms with van der Waals surface area (Å²) in [5.41, 5.74) is 1.76. The van der Waals surface area contributed by atoms with Crippen LogP contribution in [0.2, 0.25) is 0 Å². The van der Waals surface area contributed by atoms with Crippen LogP contribution in [0.25, 0.3) is 5.69 Å². The predicted molar refractivity (Wildman–Crippen MR) is 105 cm³/mol. The molecule has 142 valence electrons. The first-order valence-electron chi connectivity index (χ1n) is 8.91. The number of Topliss-reactive ketones (excluding diaryl/α,β-unsaturated/α-hetero) is 1. The number of carbonyl (C=O) groups is 2. The van der Waals surface area contributed by atoms with Crippen LogP contribution in [0.3, 0.4) is 0 Å². The summed E-state index contributed by atoms with van der Waals surface area (Å²) in [5, 5.41) is 11.0. The minimum atomic E-state index is -1.08. The van der Waals surface area contributed by atoms with Crippen molar-refractivity contribution >= 4 is 11.8 Å². The molecule has 7 nitrogen and oxygen atoms in total. The van der Waals surface area contributed by atoms with Crippen molar-refractivity contribution in [3.8, 4) is 5.69 Å². The molecule has 4 rings (SSSR count). The third-order valence-electron chi connectivity index (χ3n) is 4.34. The monoisotopic (exact) mass is 384 g/mol. The highest BCUT2D eigenvalue weighted by Gasteiger charge is 2.27. The Bertz CT molecular complexity index is 1110. The lowest BCUT2D eigenvalue weighted by molar-refractivity contribution is 0.0280. The number of hydrogen-bond donors (Lipinski definition) is 0. The van der Waals surface area contributed by atoms with E-state index in [0.29, 0.717) is 16.8 Å². The largest absolute Gasteiger partial charge is 0.445 e. The molecule has 0 fully saturated rings. The Kier molecular flexibility index (Phi) is 5.20. The maximum Gasteiger partial charge on any atom is 0.341 e. The Hall–Kier alpha value is -4.13. The summed E-state index contributed by atoms with van der Waals surface area (Å²) < 4.78 is 7.08. The van der Waals surface area contributed by atoms with E-state index >= 15 is 0 Å². The number of esters is 1. The Balaban J connectivity index is 1.69. The van der Waals surface area contributed by atoms with Gasteiger partial charge in [0.25, 0.3) is 0 Å². The summed E-state index contributed by atoms with van der Waals surface area (Å²) in [6.07, 6.45) is 0.309. The number of tetrazole rings is 1. The van der Waals surface area contributed by atoms with E-state index in [1.54, 1.807) is 72.8 Å². The van der Waals surface area contributed by atoms with Crippen molar-refractivity contribution < 1.29 is 14.3 Å². The van der Waals surface area contributed by atoms with E-state index in [2.05, 4.69) is 15.5 Å². The lowest BCUT2D eigenvalue weighted by Gasteiger charge is -2.18. The Morgan fingerprint density at radius 2 is 1.48 bits per heavy atom. The van der Waals surface area contributed by atoms with Gasteiger partial charge in [-0.1, -0.05) is 72.8 Å². The van der Waals surface area contributed by atoms with E-state index in [1.165, 1.54) is 11.0 Å². The van der Waals surface area contributed by atoms with Crippen LogP contribution in [0.4, 0.5) is 0 Å². The molecule has 7 heteroatoms. The average molecular weight is 384 g/mol. The lowest BCUT2D eigenvalue weighted by atomic mass is 9.99. The topological polar surface area (TPSA) is 87.0 Å². The van der Waals surface area contributed by atoms with Crippen molar-refractivity contribution in [2.45, 2.75) is 6.10 Å². The van der Waals surface area contributed by atoms with Crippen LogP contribution in [0.1, 0.15) is 32.4 Å². The molecule has 1 atom stereocenters. The molecule has 0 amide bonds. The van der Waals surface area contributed by atoms with Crippen LogP contribution in [0, 0.1) is 0 Å². The van der Waals surface area contributed by atoms with E-state index in [-0.39, 0.29) is 11.3 Å². The molecule has 0 aliphatic heterocycles. The van der Waals surface area contributed by atoms with Gasteiger partial charge in [0.15, 0.2) is 6.10 Å². The summed E-state index contributed by atoms with van der Waals surface area (Å²) in [7, 11) is 0. The molecule has 0 spiro atoms. The zero-order valence-electron chi connectivity index (χ0n) is 15.3.